The molecule has 1 aromatic heterocycles. The summed E-state index contributed by atoms with van der Waals surface area (Å²) in [4.78, 5) is 22.3. The molecule has 23 heavy (non-hydrogen) atoms. The number of nitro benzene ring substituents is 1. The van der Waals surface area contributed by atoms with Crippen molar-refractivity contribution in [3.05, 3.63) is 70.4 Å². The number of nitrogens with one attached hydrogen (secondary N) is 1. The van der Waals surface area contributed by atoms with Gasteiger partial charge in [-0.2, -0.15) is 5.10 Å². The predicted molar refractivity (Wildman–Crippen MR) is 84.7 cm³/mol. The van der Waals surface area contributed by atoms with Crippen LogP contribution in [0.2, 0.25) is 0 Å². The van der Waals surface area contributed by atoms with Crippen molar-refractivity contribution in [2.75, 3.05) is 0 Å². The maximum Gasteiger partial charge on any atom is 0.270 e. The Balaban J connectivity index is 1.69. The smallest absolute Gasteiger partial charge is 0.270 e. The van der Waals surface area contributed by atoms with Crippen molar-refractivity contribution in [1.82, 2.24) is 15.1 Å². The van der Waals surface area contributed by atoms with Crippen molar-refractivity contribution < 1.29 is 9.72 Å². The van der Waals surface area contributed by atoms with Crippen LogP contribution in [0.5, 0.6) is 0 Å². The monoisotopic (exact) mass is 310 g/mol. The molecule has 1 heterocycles. The summed E-state index contributed by atoms with van der Waals surface area (Å²) in [7, 11) is 0. The third kappa shape index (κ3) is 3.34. The highest BCUT2D eigenvalue weighted by Crippen LogP contribution is 2.20. The number of non-ortho nitro benzene ring substituents is 1. The van der Waals surface area contributed by atoms with Crippen LogP contribution in [-0.4, -0.2) is 20.6 Å². The van der Waals surface area contributed by atoms with Crippen molar-refractivity contribution in [3.8, 4) is 0 Å². The molecule has 0 bridgehead atoms. The van der Waals surface area contributed by atoms with E-state index >= 15 is 0 Å². The summed E-state index contributed by atoms with van der Waals surface area (Å²) in [6.07, 6.45) is 1.52. The van der Waals surface area contributed by atoms with E-state index in [2.05, 4.69) is 10.4 Å². The van der Waals surface area contributed by atoms with E-state index in [4.69, 9.17) is 0 Å². The molecule has 0 aliphatic heterocycles. The molecular weight excluding hydrogens is 296 g/mol. The van der Waals surface area contributed by atoms with Gasteiger partial charge in [0.25, 0.3) is 5.69 Å². The lowest BCUT2D eigenvalue weighted by Gasteiger charge is -2.06. The zero-order valence-electron chi connectivity index (χ0n) is 12.2. The summed E-state index contributed by atoms with van der Waals surface area (Å²) in [5.74, 6) is -0.169. The molecule has 3 rings (SSSR count). The first-order valence-corrected chi connectivity index (χ1v) is 7.04. The molecule has 0 aliphatic carbocycles. The Bertz CT molecular complexity index is 858. The SMILES string of the molecule is O=C(Cn1ncc2cc([N+](=O)[O-])ccc21)NCc1ccccc1. The minimum Gasteiger partial charge on any atom is -0.350 e. The van der Waals surface area contributed by atoms with E-state index in [0.717, 1.165) is 5.56 Å². The molecule has 0 unspecified atom stereocenters. The van der Waals surface area contributed by atoms with Gasteiger partial charge in [0.2, 0.25) is 5.91 Å². The molecule has 116 valence electrons. The predicted octanol–water partition coefficient (Wildman–Crippen LogP) is 2.26. The maximum absolute atomic E-state index is 12.0. The number of amides is 1. The first-order chi connectivity index (χ1) is 11.1. The van der Waals surface area contributed by atoms with Crippen LogP contribution in [0, 0.1) is 10.1 Å². The van der Waals surface area contributed by atoms with E-state index in [0.29, 0.717) is 17.4 Å². The average molecular weight is 310 g/mol. The Hall–Kier alpha value is -3.22. The van der Waals surface area contributed by atoms with Gasteiger partial charge < -0.3 is 5.32 Å². The van der Waals surface area contributed by atoms with Crippen LogP contribution < -0.4 is 5.32 Å². The van der Waals surface area contributed by atoms with Gasteiger partial charge in [-0.15, -0.1) is 0 Å². The standard InChI is InChI=1S/C16H14N4O3/c21-16(17-9-12-4-2-1-3-5-12)11-19-15-7-6-14(20(22)23)8-13(15)10-18-19/h1-8,10H,9,11H2,(H,17,21). The first-order valence-electron chi connectivity index (χ1n) is 7.04. The van der Waals surface area contributed by atoms with Crippen LogP contribution in [0.3, 0.4) is 0 Å². The molecule has 7 heteroatoms. The Kier molecular flexibility index (Phi) is 4.01. The lowest BCUT2D eigenvalue weighted by Crippen LogP contribution is -2.27. The maximum atomic E-state index is 12.0. The lowest BCUT2D eigenvalue weighted by molar-refractivity contribution is -0.384. The van der Waals surface area contributed by atoms with Crippen molar-refractivity contribution in [2.45, 2.75) is 13.1 Å². The Labute approximate surface area is 131 Å². The zero-order chi connectivity index (χ0) is 16.2. The molecule has 1 N–H and O–H groups in total. The molecule has 0 saturated heterocycles. The van der Waals surface area contributed by atoms with Gasteiger partial charge in [-0.1, -0.05) is 30.3 Å². The molecule has 1 amide bonds. The number of hydrogen-bond acceptors (Lipinski definition) is 4. The van der Waals surface area contributed by atoms with Crippen molar-refractivity contribution in [1.29, 1.82) is 0 Å². The van der Waals surface area contributed by atoms with Gasteiger partial charge in [0.15, 0.2) is 0 Å². The fourth-order valence-electron chi connectivity index (χ4n) is 2.30. The van der Waals surface area contributed by atoms with Crippen LogP contribution in [0.15, 0.2) is 54.7 Å². The molecule has 0 radical (unpaired) electrons. The summed E-state index contributed by atoms with van der Waals surface area (Å²) in [6, 6.07) is 14.1. The first kappa shape index (κ1) is 14.7. The number of nitrogens with zero attached hydrogens (tertiary/aromatic N) is 3. The van der Waals surface area contributed by atoms with E-state index in [1.165, 1.54) is 23.0 Å². The number of carbonyl (C=O) groups is 1. The molecule has 7 nitrogen and oxygen atoms in total. The van der Waals surface area contributed by atoms with Gasteiger partial charge in [0, 0.05) is 24.1 Å². The second-order valence-electron chi connectivity index (χ2n) is 5.06. The minimum absolute atomic E-state index is 0.00517. The third-order valence-electron chi connectivity index (χ3n) is 3.46. The van der Waals surface area contributed by atoms with Crippen LogP contribution in [0.25, 0.3) is 10.9 Å². The summed E-state index contributed by atoms with van der Waals surface area (Å²) >= 11 is 0. The van der Waals surface area contributed by atoms with E-state index in [1.807, 2.05) is 30.3 Å². The normalized spacial score (nSPS) is 10.6. The van der Waals surface area contributed by atoms with Gasteiger partial charge in [-0.25, -0.2) is 0 Å². The number of rotatable bonds is 5. The fraction of sp³-hybridized carbons (Fsp3) is 0.125. The Morgan fingerprint density at radius 2 is 2.00 bits per heavy atom. The molecule has 0 aliphatic rings. The van der Waals surface area contributed by atoms with Crippen molar-refractivity contribution in [2.24, 2.45) is 0 Å². The summed E-state index contributed by atoms with van der Waals surface area (Å²) in [5.41, 5.74) is 1.71. The highest BCUT2D eigenvalue weighted by atomic mass is 16.6. The van der Waals surface area contributed by atoms with E-state index in [-0.39, 0.29) is 18.1 Å². The lowest BCUT2D eigenvalue weighted by atomic mass is 10.2. The van der Waals surface area contributed by atoms with Crippen LogP contribution in [-0.2, 0) is 17.9 Å². The quantitative estimate of drug-likeness (QED) is 0.578. The minimum atomic E-state index is -0.455. The number of hydrogen-bond donors (Lipinski definition) is 1. The van der Waals surface area contributed by atoms with Crippen molar-refractivity contribution in [3.63, 3.8) is 0 Å². The Morgan fingerprint density at radius 3 is 2.74 bits per heavy atom. The van der Waals surface area contributed by atoms with Crippen molar-refractivity contribution >= 4 is 22.5 Å². The largest absolute Gasteiger partial charge is 0.350 e. The van der Waals surface area contributed by atoms with Crippen LogP contribution >= 0.6 is 0 Å². The van der Waals surface area contributed by atoms with Gasteiger partial charge in [0.05, 0.1) is 16.6 Å². The Morgan fingerprint density at radius 1 is 1.22 bits per heavy atom. The van der Waals surface area contributed by atoms with Gasteiger partial charge in [-0.05, 0) is 11.6 Å². The topological polar surface area (TPSA) is 90.1 Å². The van der Waals surface area contributed by atoms with Crippen LogP contribution in [0.4, 0.5) is 5.69 Å². The summed E-state index contributed by atoms with van der Waals surface area (Å²) in [6.45, 7) is 0.512. The van der Waals surface area contributed by atoms with Gasteiger partial charge in [0.1, 0.15) is 6.54 Å². The van der Waals surface area contributed by atoms with Crippen LogP contribution in [0.1, 0.15) is 5.56 Å². The fourth-order valence-corrected chi connectivity index (χ4v) is 2.30. The summed E-state index contributed by atoms with van der Waals surface area (Å²) in [5, 5.41) is 18.3. The van der Waals surface area contributed by atoms with E-state index in [9.17, 15) is 14.9 Å². The molecule has 0 atom stereocenters. The van der Waals surface area contributed by atoms with Gasteiger partial charge >= 0.3 is 0 Å². The highest BCUT2D eigenvalue weighted by Gasteiger charge is 2.11. The third-order valence-corrected chi connectivity index (χ3v) is 3.46. The number of fused-ring (bicyclic) bond motifs is 1. The number of benzene rings is 2. The molecule has 0 fully saturated rings. The second-order valence-corrected chi connectivity index (χ2v) is 5.06. The molecular formula is C16H14N4O3. The number of carbonyl (C=O) groups excluding carboxylic acids is 1. The highest BCUT2D eigenvalue weighted by molar-refractivity contribution is 5.83. The summed E-state index contributed by atoms with van der Waals surface area (Å²) < 4.78 is 1.53. The molecule has 0 saturated carbocycles. The average Bonchev–Trinajstić information content (AvgIpc) is 2.96. The molecule has 0 spiro atoms. The number of aromatic nitrogens is 2. The second kappa shape index (κ2) is 6.27. The van der Waals surface area contributed by atoms with Gasteiger partial charge in [-0.3, -0.25) is 19.6 Å². The van der Waals surface area contributed by atoms with E-state index in [1.54, 1.807) is 6.07 Å². The van der Waals surface area contributed by atoms with E-state index < -0.39 is 4.92 Å². The molecule has 3 aromatic rings. The number of nitro groups is 1. The molecule has 2 aromatic carbocycles. The zero-order valence-corrected chi connectivity index (χ0v) is 12.2.